The van der Waals surface area contributed by atoms with Crippen molar-refractivity contribution in [1.82, 2.24) is 14.9 Å². The Balaban J connectivity index is 2.08. The van der Waals surface area contributed by atoms with Crippen LogP contribution in [0.25, 0.3) is 0 Å². The van der Waals surface area contributed by atoms with Crippen LogP contribution in [0.15, 0.2) is 6.20 Å². The zero-order valence-corrected chi connectivity index (χ0v) is 11.0. The average molecular weight is 256 g/mol. The van der Waals surface area contributed by atoms with E-state index in [0.717, 1.165) is 6.54 Å². The largest absolute Gasteiger partial charge is 0.394 e. The van der Waals surface area contributed by atoms with E-state index in [4.69, 9.17) is 17.3 Å². The van der Waals surface area contributed by atoms with Crippen LogP contribution >= 0.6 is 11.6 Å². The van der Waals surface area contributed by atoms with Crippen LogP contribution in [-0.2, 0) is 0 Å². The van der Waals surface area contributed by atoms with Crippen molar-refractivity contribution in [3.05, 3.63) is 11.5 Å². The molecule has 0 aromatic carbocycles. The van der Waals surface area contributed by atoms with Crippen molar-refractivity contribution in [3.8, 4) is 0 Å². The van der Waals surface area contributed by atoms with Gasteiger partial charge in [0, 0.05) is 19.6 Å². The second-order valence-corrected chi connectivity index (χ2v) is 4.91. The zero-order valence-electron chi connectivity index (χ0n) is 10.2. The Kier molecular flexibility index (Phi) is 3.69. The van der Waals surface area contributed by atoms with E-state index in [0.29, 0.717) is 17.5 Å². The highest BCUT2D eigenvalue weighted by atomic mass is 35.5. The minimum Gasteiger partial charge on any atom is -0.394 e. The molecule has 94 valence electrons. The number of nitrogen functional groups attached to an aromatic ring is 1. The Morgan fingerprint density at radius 3 is 3.06 bits per heavy atom. The lowest BCUT2D eigenvalue weighted by Gasteiger charge is -2.27. The van der Waals surface area contributed by atoms with E-state index < -0.39 is 0 Å². The fourth-order valence-corrected chi connectivity index (χ4v) is 2.41. The molecule has 1 saturated heterocycles. The Labute approximate surface area is 107 Å². The van der Waals surface area contributed by atoms with Gasteiger partial charge in [0.2, 0.25) is 5.28 Å². The van der Waals surface area contributed by atoms with Gasteiger partial charge >= 0.3 is 0 Å². The SMILES string of the molecule is CN(CC1CCCN1C)c1nc(Cl)ncc1N. The third-order valence-corrected chi connectivity index (χ3v) is 3.47. The Bertz CT molecular complexity index is 397. The van der Waals surface area contributed by atoms with E-state index in [1.54, 1.807) is 6.20 Å². The highest BCUT2D eigenvalue weighted by Gasteiger charge is 2.23. The Morgan fingerprint density at radius 2 is 2.41 bits per heavy atom. The van der Waals surface area contributed by atoms with Crippen LogP contribution in [-0.4, -0.2) is 48.1 Å². The standard InChI is InChI=1S/C11H18ClN5/c1-16-5-3-4-8(16)7-17(2)10-9(13)6-14-11(12)15-10/h6,8H,3-5,7,13H2,1-2H3. The third-order valence-electron chi connectivity index (χ3n) is 3.28. The van der Waals surface area contributed by atoms with Gasteiger partial charge in [0.15, 0.2) is 5.82 Å². The smallest absolute Gasteiger partial charge is 0.224 e. The number of hydrogen-bond acceptors (Lipinski definition) is 5. The first-order valence-corrected chi connectivity index (χ1v) is 6.15. The van der Waals surface area contributed by atoms with Gasteiger partial charge in [-0.3, -0.25) is 0 Å². The molecule has 0 amide bonds. The number of rotatable bonds is 3. The molecular formula is C11H18ClN5. The maximum Gasteiger partial charge on any atom is 0.224 e. The summed E-state index contributed by atoms with van der Waals surface area (Å²) in [5.41, 5.74) is 6.43. The second kappa shape index (κ2) is 5.06. The number of nitrogens with zero attached hydrogens (tertiary/aromatic N) is 4. The van der Waals surface area contributed by atoms with E-state index in [2.05, 4.69) is 26.8 Å². The molecular weight excluding hydrogens is 238 g/mol. The average Bonchev–Trinajstić information content (AvgIpc) is 2.68. The van der Waals surface area contributed by atoms with Gasteiger partial charge in [-0.25, -0.2) is 4.98 Å². The lowest BCUT2D eigenvalue weighted by molar-refractivity contribution is 0.314. The summed E-state index contributed by atoms with van der Waals surface area (Å²) >= 11 is 5.79. The van der Waals surface area contributed by atoms with Crippen LogP contribution in [0, 0.1) is 0 Å². The molecule has 1 aromatic heterocycles. The molecule has 0 saturated carbocycles. The fraction of sp³-hybridized carbons (Fsp3) is 0.636. The number of hydrogen-bond donors (Lipinski definition) is 1. The quantitative estimate of drug-likeness (QED) is 0.824. The van der Waals surface area contributed by atoms with Gasteiger partial charge in [0.05, 0.1) is 11.9 Å². The molecule has 1 atom stereocenters. The van der Waals surface area contributed by atoms with Crippen LogP contribution in [0.1, 0.15) is 12.8 Å². The predicted molar refractivity (Wildman–Crippen MR) is 70.4 cm³/mol. The summed E-state index contributed by atoms with van der Waals surface area (Å²) in [6.07, 6.45) is 4.04. The molecule has 5 nitrogen and oxygen atoms in total. The molecule has 1 fully saturated rings. The second-order valence-electron chi connectivity index (χ2n) is 4.58. The van der Waals surface area contributed by atoms with Crippen LogP contribution < -0.4 is 10.6 Å². The molecule has 1 aliphatic rings. The van der Waals surface area contributed by atoms with Gasteiger partial charge < -0.3 is 15.5 Å². The summed E-state index contributed by atoms with van der Waals surface area (Å²) < 4.78 is 0. The normalized spacial score (nSPS) is 20.8. The summed E-state index contributed by atoms with van der Waals surface area (Å²) in [5.74, 6) is 0.713. The van der Waals surface area contributed by atoms with Crippen molar-refractivity contribution < 1.29 is 0 Å². The summed E-state index contributed by atoms with van der Waals surface area (Å²) in [6, 6.07) is 0.563. The number of halogens is 1. The van der Waals surface area contributed by atoms with Crippen LogP contribution in [0.5, 0.6) is 0 Å². The lowest BCUT2D eigenvalue weighted by atomic mass is 10.2. The molecule has 0 spiro atoms. The molecule has 2 N–H and O–H groups in total. The number of aromatic nitrogens is 2. The third kappa shape index (κ3) is 2.79. The predicted octanol–water partition coefficient (Wildman–Crippen LogP) is 1.24. The van der Waals surface area contributed by atoms with E-state index in [9.17, 15) is 0 Å². The fourth-order valence-electron chi connectivity index (χ4n) is 2.28. The summed E-state index contributed by atoms with van der Waals surface area (Å²) in [6.45, 7) is 2.08. The molecule has 1 aromatic rings. The maximum absolute atomic E-state index is 5.86. The van der Waals surface area contributed by atoms with E-state index in [-0.39, 0.29) is 5.28 Å². The molecule has 0 aliphatic carbocycles. The molecule has 2 rings (SSSR count). The Morgan fingerprint density at radius 1 is 1.65 bits per heavy atom. The molecule has 1 unspecified atom stereocenters. The first kappa shape index (κ1) is 12.4. The van der Waals surface area contributed by atoms with Gasteiger partial charge in [0.1, 0.15) is 0 Å². The molecule has 0 radical (unpaired) electrons. The van der Waals surface area contributed by atoms with Gasteiger partial charge in [-0.2, -0.15) is 4.98 Å². The van der Waals surface area contributed by atoms with Gasteiger partial charge in [-0.1, -0.05) is 0 Å². The first-order chi connectivity index (χ1) is 8.08. The van der Waals surface area contributed by atoms with Crippen molar-refractivity contribution in [2.75, 3.05) is 37.8 Å². The highest BCUT2D eigenvalue weighted by molar-refractivity contribution is 6.28. The number of anilines is 2. The van der Waals surface area contributed by atoms with Crippen molar-refractivity contribution >= 4 is 23.1 Å². The summed E-state index contributed by atoms with van der Waals surface area (Å²) in [5, 5.41) is 0.237. The first-order valence-electron chi connectivity index (χ1n) is 5.77. The minimum absolute atomic E-state index is 0.237. The van der Waals surface area contributed by atoms with Gasteiger partial charge in [-0.15, -0.1) is 0 Å². The van der Waals surface area contributed by atoms with E-state index in [1.807, 2.05) is 7.05 Å². The highest BCUT2D eigenvalue weighted by Crippen LogP contribution is 2.22. The van der Waals surface area contributed by atoms with Crippen LogP contribution in [0.4, 0.5) is 11.5 Å². The summed E-state index contributed by atoms with van der Waals surface area (Å²) in [4.78, 5) is 12.5. The van der Waals surface area contributed by atoms with Crippen molar-refractivity contribution in [2.24, 2.45) is 0 Å². The summed E-state index contributed by atoms with van der Waals surface area (Å²) in [7, 11) is 4.14. The van der Waals surface area contributed by atoms with Crippen molar-refractivity contribution in [1.29, 1.82) is 0 Å². The van der Waals surface area contributed by atoms with Crippen LogP contribution in [0.3, 0.4) is 0 Å². The van der Waals surface area contributed by atoms with E-state index >= 15 is 0 Å². The molecule has 1 aliphatic heterocycles. The van der Waals surface area contributed by atoms with Gasteiger partial charge in [0.25, 0.3) is 0 Å². The number of likely N-dealkylation sites (N-methyl/N-ethyl adjacent to an activating group) is 2. The van der Waals surface area contributed by atoms with Gasteiger partial charge in [-0.05, 0) is 38.0 Å². The molecule has 17 heavy (non-hydrogen) atoms. The molecule has 0 bridgehead atoms. The molecule has 6 heteroatoms. The van der Waals surface area contributed by atoms with Crippen molar-refractivity contribution in [3.63, 3.8) is 0 Å². The van der Waals surface area contributed by atoms with Crippen molar-refractivity contribution in [2.45, 2.75) is 18.9 Å². The van der Waals surface area contributed by atoms with Crippen LogP contribution in [0.2, 0.25) is 5.28 Å². The molecule has 2 heterocycles. The lowest BCUT2D eigenvalue weighted by Crippen LogP contribution is -2.37. The topological polar surface area (TPSA) is 58.3 Å². The minimum atomic E-state index is 0.237. The number of nitrogens with two attached hydrogens (primary N) is 1. The Hall–Kier alpha value is -1.07. The maximum atomic E-state index is 5.86. The van der Waals surface area contributed by atoms with E-state index in [1.165, 1.54) is 19.4 Å². The monoisotopic (exact) mass is 255 g/mol. The number of likely N-dealkylation sites (tertiary alicyclic amines) is 1. The zero-order chi connectivity index (χ0) is 12.4.